The molecule has 0 N–H and O–H groups in total. The van der Waals surface area contributed by atoms with Gasteiger partial charge in [0.1, 0.15) is 5.82 Å². The summed E-state index contributed by atoms with van der Waals surface area (Å²) in [6, 6.07) is 10.9. The second kappa shape index (κ2) is 6.32. The first-order valence-electron chi connectivity index (χ1n) is 7.67. The molecule has 4 heteroatoms. The number of carbonyl (C=O) groups is 2. The third-order valence-electron chi connectivity index (χ3n) is 4.10. The van der Waals surface area contributed by atoms with Gasteiger partial charge >= 0.3 is 5.97 Å². The molecule has 0 amide bonds. The van der Waals surface area contributed by atoms with Crippen LogP contribution in [-0.2, 0) is 17.6 Å². The molecule has 0 spiro atoms. The maximum Gasteiger partial charge on any atom is 0.338 e. The molecule has 0 aromatic heterocycles. The normalized spacial score (nSPS) is 14.2. The van der Waals surface area contributed by atoms with E-state index in [1.807, 2.05) is 12.1 Å². The molecule has 118 valence electrons. The molecule has 3 nitrogen and oxygen atoms in total. The summed E-state index contributed by atoms with van der Waals surface area (Å²) in [5, 5.41) is 0. The van der Waals surface area contributed by atoms with E-state index in [1.165, 1.54) is 36.2 Å². The van der Waals surface area contributed by atoms with Crippen molar-refractivity contribution in [1.82, 2.24) is 0 Å². The Morgan fingerprint density at radius 2 is 1.83 bits per heavy atom. The molecule has 2 aromatic rings. The molecule has 0 radical (unpaired) electrons. The summed E-state index contributed by atoms with van der Waals surface area (Å²) < 4.78 is 18.3. The number of carbonyl (C=O) groups excluding carboxylic acids is 2. The van der Waals surface area contributed by atoms with Gasteiger partial charge in [-0.15, -0.1) is 0 Å². The molecule has 23 heavy (non-hydrogen) atoms. The summed E-state index contributed by atoms with van der Waals surface area (Å²) >= 11 is 0. The third-order valence-corrected chi connectivity index (χ3v) is 4.10. The van der Waals surface area contributed by atoms with E-state index in [1.54, 1.807) is 6.07 Å². The Morgan fingerprint density at radius 3 is 2.61 bits per heavy atom. The Balaban J connectivity index is 1.71. The smallest absolute Gasteiger partial charge is 0.338 e. The first-order valence-corrected chi connectivity index (χ1v) is 7.67. The molecule has 0 fully saturated rings. The van der Waals surface area contributed by atoms with Crippen molar-refractivity contribution in [2.75, 3.05) is 0 Å². The Hall–Kier alpha value is -2.49. The first-order chi connectivity index (χ1) is 11.0. The molecule has 0 saturated carbocycles. The van der Waals surface area contributed by atoms with E-state index in [-0.39, 0.29) is 11.3 Å². The standard InChI is InChI=1S/C19H17FO3/c1-12(23-19(22)16-6-3-7-17(20)11-16)18(21)15-9-8-13-4-2-5-14(13)10-15/h3,6-12H,2,4-5H2,1H3/t12-/m0/s1. The summed E-state index contributed by atoms with van der Waals surface area (Å²) in [6.07, 6.45) is 2.23. The van der Waals surface area contributed by atoms with Gasteiger partial charge in [0.15, 0.2) is 6.10 Å². The number of hydrogen-bond acceptors (Lipinski definition) is 3. The molecule has 2 aromatic carbocycles. The number of fused-ring (bicyclic) bond motifs is 1. The zero-order valence-corrected chi connectivity index (χ0v) is 12.8. The third kappa shape index (κ3) is 3.31. The molecular formula is C19H17FO3. The number of Topliss-reactive ketones (excluding diaryl/α,β-unsaturated/α-hetero) is 1. The lowest BCUT2D eigenvalue weighted by Gasteiger charge is -2.13. The molecule has 0 saturated heterocycles. The van der Waals surface area contributed by atoms with E-state index in [0.29, 0.717) is 5.56 Å². The molecule has 3 rings (SSSR count). The molecule has 0 aliphatic heterocycles. The minimum atomic E-state index is -0.912. The van der Waals surface area contributed by atoms with Crippen molar-refractivity contribution in [2.24, 2.45) is 0 Å². The second-order valence-electron chi connectivity index (χ2n) is 5.76. The van der Waals surface area contributed by atoms with Gasteiger partial charge in [-0.25, -0.2) is 9.18 Å². The number of halogens is 1. The number of hydrogen-bond donors (Lipinski definition) is 0. The van der Waals surface area contributed by atoms with Crippen LogP contribution in [0, 0.1) is 5.82 Å². The van der Waals surface area contributed by atoms with Crippen LogP contribution >= 0.6 is 0 Å². The minimum Gasteiger partial charge on any atom is -0.451 e. The molecule has 0 heterocycles. The summed E-state index contributed by atoms with van der Waals surface area (Å²) in [7, 11) is 0. The van der Waals surface area contributed by atoms with Crippen LogP contribution in [0.25, 0.3) is 0 Å². The highest BCUT2D eigenvalue weighted by molar-refractivity contribution is 6.01. The van der Waals surface area contributed by atoms with Crippen LogP contribution in [0.5, 0.6) is 0 Å². The Morgan fingerprint density at radius 1 is 1.04 bits per heavy atom. The number of rotatable bonds is 4. The summed E-state index contributed by atoms with van der Waals surface area (Å²) in [5.41, 5.74) is 3.12. The maximum absolute atomic E-state index is 13.1. The van der Waals surface area contributed by atoms with E-state index >= 15 is 0 Å². The molecule has 1 aliphatic carbocycles. The number of esters is 1. The average Bonchev–Trinajstić information content (AvgIpc) is 3.01. The summed E-state index contributed by atoms with van der Waals surface area (Å²) in [4.78, 5) is 24.4. The van der Waals surface area contributed by atoms with Gasteiger partial charge in [-0.3, -0.25) is 4.79 Å². The Labute approximate surface area is 134 Å². The van der Waals surface area contributed by atoms with Gasteiger partial charge in [0, 0.05) is 5.56 Å². The maximum atomic E-state index is 13.1. The zero-order valence-electron chi connectivity index (χ0n) is 12.8. The van der Waals surface area contributed by atoms with Gasteiger partial charge in [-0.05, 0) is 61.6 Å². The minimum absolute atomic E-state index is 0.0959. The lowest BCUT2D eigenvalue weighted by molar-refractivity contribution is 0.0318. The fourth-order valence-electron chi connectivity index (χ4n) is 2.86. The molecular weight excluding hydrogens is 295 g/mol. The highest BCUT2D eigenvalue weighted by Crippen LogP contribution is 2.23. The van der Waals surface area contributed by atoms with E-state index in [9.17, 15) is 14.0 Å². The average molecular weight is 312 g/mol. The quantitative estimate of drug-likeness (QED) is 0.638. The van der Waals surface area contributed by atoms with Gasteiger partial charge in [0.05, 0.1) is 5.56 Å². The van der Waals surface area contributed by atoms with Gasteiger partial charge < -0.3 is 4.74 Å². The van der Waals surface area contributed by atoms with Crippen LogP contribution < -0.4 is 0 Å². The molecule has 0 unspecified atom stereocenters. The van der Waals surface area contributed by atoms with Crippen LogP contribution in [0.2, 0.25) is 0 Å². The molecule has 0 bridgehead atoms. The topological polar surface area (TPSA) is 43.4 Å². The number of ether oxygens (including phenoxy) is 1. The zero-order chi connectivity index (χ0) is 16.4. The highest BCUT2D eigenvalue weighted by atomic mass is 19.1. The Kier molecular flexibility index (Phi) is 4.24. The van der Waals surface area contributed by atoms with Crippen molar-refractivity contribution in [3.05, 3.63) is 70.5 Å². The van der Waals surface area contributed by atoms with Crippen molar-refractivity contribution < 1.29 is 18.7 Å². The van der Waals surface area contributed by atoms with Gasteiger partial charge in [0.25, 0.3) is 0 Å². The lowest BCUT2D eigenvalue weighted by atomic mass is 10.0. The number of aryl methyl sites for hydroxylation is 2. The number of ketones is 1. The van der Waals surface area contributed by atoms with Gasteiger partial charge in [-0.1, -0.05) is 18.2 Å². The van der Waals surface area contributed by atoms with Crippen LogP contribution in [-0.4, -0.2) is 17.9 Å². The SMILES string of the molecule is C[C@H](OC(=O)c1cccc(F)c1)C(=O)c1ccc2c(c1)CCC2. The van der Waals surface area contributed by atoms with Gasteiger partial charge in [-0.2, -0.15) is 0 Å². The van der Waals surface area contributed by atoms with Crippen LogP contribution in [0.3, 0.4) is 0 Å². The lowest BCUT2D eigenvalue weighted by Crippen LogP contribution is -2.24. The van der Waals surface area contributed by atoms with Crippen LogP contribution in [0.4, 0.5) is 4.39 Å². The number of benzene rings is 2. The van der Waals surface area contributed by atoms with E-state index in [4.69, 9.17) is 4.74 Å². The van der Waals surface area contributed by atoms with Crippen LogP contribution in [0.1, 0.15) is 45.2 Å². The van der Waals surface area contributed by atoms with Gasteiger partial charge in [0.2, 0.25) is 5.78 Å². The first kappa shape index (κ1) is 15.4. The van der Waals surface area contributed by atoms with Crippen molar-refractivity contribution >= 4 is 11.8 Å². The largest absolute Gasteiger partial charge is 0.451 e. The second-order valence-corrected chi connectivity index (χ2v) is 5.76. The van der Waals surface area contributed by atoms with Crippen molar-refractivity contribution in [3.63, 3.8) is 0 Å². The predicted octanol–water partition coefficient (Wildman–Crippen LogP) is 3.74. The van der Waals surface area contributed by atoms with Crippen LogP contribution in [0.15, 0.2) is 42.5 Å². The summed E-state index contributed by atoms with van der Waals surface area (Å²) in [6.45, 7) is 1.53. The monoisotopic (exact) mass is 312 g/mol. The van der Waals surface area contributed by atoms with E-state index in [2.05, 4.69) is 0 Å². The predicted molar refractivity (Wildman–Crippen MR) is 84.1 cm³/mol. The highest BCUT2D eigenvalue weighted by Gasteiger charge is 2.22. The van der Waals surface area contributed by atoms with Crippen molar-refractivity contribution in [1.29, 1.82) is 0 Å². The van der Waals surface area contributed by atoms with Crippen molar-refractivity contribution in [2.45, 2.75) is 32.3 Å². The van der Waals surface area contributed by atoms with E-state index in [0.717, 1.165) is 25.3 Å². The Bertz CT molecular complexity index is 767. The summed E-state index contributed by atoms with van der Waals surface area (Å²) in [5.74, 6) is -1.46. The molecule has 1 atom stereocenters. The fourth-order valence-corrected chi connectivity index (χ4v) is 2.86. The van der Waals surface area contributed by atoms with Crippen molar-refractivity contribution in [3.8, 4) is 0 Å². The fraction of sp³-hybridized carbons (Fsp3) is 0.263. The van der Waals surface area contributed by atoms with E-state index < -0.39 is 17.9 Å². The molecule has 1 aliphatic rings.